The minimum absolute atomic E-state index is 0.114. The average Bonchev–Trinajstić information content (AvgIpc) is 3.18. The van der Waals surface area contributed by atoms with Crippen molar-refractivity contribution >= 4 is 22.5 Å². The van der Waals surface area contributed by atoms with Gasteiger partial charge in [0.05, 0.1) is 23.3 Å². The molecule has 5 nitrogen and oxygen atoms in total. The van der Waals surface area contributed by atoms with E-state index in [1.165, 1.54) is 54.6 Å². The third-order valence-electron chi connectivity index (χ3n) is 5.08. The van der Waals surface area contributed by atoms with Crippen molar-refractivity contribution in [1.29, 1.82) is 0 Å². The quantitative estimate of drug-likeness (QED) is 0.374. The number of aromatic nitrogens is 2. The summed E-state index contributed by atoms with van der Waals surface area (Å²) >= 11 is 0. The molecule has 1 aromatic heterocycles. The first-order chi connectivity index (χ1) is 16.0. The third-order valence-corrected chi connectivity index (χ3v) is 5.08. The van der Waals surface area contributed by atoms with Gasteiger partial charge in [0, 0.05) is 11.1 Å². The normalized spacial score (nSPS) is 12.2. The number of hydrogen-bond acceptors (Lipinski definition) is 3. The summed E-state index contributed by atoms with van der Waals surface area (Å²) in [5.41, 5.74) is 4.95. The molecule has 0 aliphatic carbocycles. The highest BCUT2D eigenvalue weighted by Crippen LogP contribution is 2.37. The Morgan fingerprint density at radius 3 is 2.03 bits per heavy atom. The number of amides is 1. The molecule has 0 aliphatic heterocycles. The summed E-state index contributed by atoms with van der Waals surface area (Å²) in [6.45, 7) is -0.229. The maximum absolute atomic E-state index is 13.6. The van der Waals surface area contributed by atoms with E-state index in [2.05, 4.69) is 10.4 Å². The van der Waals surface area contributed by atoms with E-state index < -0.39 is 29.5 Å². The SMILES string of the molecule is NCC(=O)Nc1ccc(-n2nc(C(F)(F)F)c3ccc(-c4ccc(C(F)(F)F)cc4)cc32)cc1. The van der Waals surface area contributed by atoms with Crippen LogP contribution < -0.4 is 11.1 Å². The molecule has 11 heteroatoms. The zero-order chi connectivity index (χ0) is 24.7. The lowest BCUT2D eigenvalue weighted by molar-refractivity contribution is -0.140. The molecule has 1 amide bonds. The van der Waals surface area contributed by atoms with Crippen LogP contribution >= 0.6 is 0 Å². The lowest BCUT2D eigenvalue weighted by Gasteiger charge is -2.09. The molecule has 0 saturated carbocycles. The Labute approximate surface area is 188 Å². The molecule has 0 radical (unpaired) electrons. The highest BCUT2D eigenvalue weighted by atomic mass is 19.4. The number of fused-ring (bicyclic) bond motifs is 1. The summed E-state index contributed by atoms with van der Waals surface area (Å²) in [7, 11) is 0. The van der Waals surface area contributed by atoms with Crippen LogP contribution in [-0.2, 0) is 17.1 Å². The highest BCUT2D eigenvalue weighted by Gasteiger charge is 2.37. The van der Waals surface area contributed by atoms with E-state index in [-0.39, 0.29) is 23.1 Å². The van der Waals surface area contributed by atoms with Gasteiger partial charge in [0.2, 0.25) is 5.91 Å². The molecule has 3 aromatic carbocycles. The predicted molar refractivity (Wildman–Crippen MR) is 114 cm³/mol. The third kappa shape index (κ3) is 4.60. The number of halogens is 6. The summed E-state index contributed by atoms with van der Waals surface area (Å²) in [5, 5.41) is 6.12. The van der Waals surface area contributed by atoms with Gasteiger partial charge in [0.15, 0.2) is 5.69 Å². The van der Waals surface area contributed by atoms with Crippen molar-refractivity contribution in [3.63, 3.8) is 0 Å². The van der Waals surface area contributed by atoms with Crippen molar-refractivity contribution in [2.75, 3.05) is 11.9 Å². The molecule has 4 aromatic rings. The van der Waals surface area contributed by atoms with Crippen LogP contribution in [0, 0.1) is 0 Å². The highest BCUT2D eigenvalue weighted by molar-refractivity contribution is 5.92. The Morgan fingerprint density at radius 2 is 1.47 bits per heavy atom. The smallest absolute Gasteiger partial charge is 0.325 e. The topological polar surface area (TPSA) is 72.9 Å². The molecule has 0 aliphatic rings. The molecule has 0 bridgehead atoms. The number of rotatable bonds is 4. The van der Waals surface area contributed by atoms with Crippen molar-refractivity contribution in [2.24, 2.45) is 5.73 Å². The maximum Gasteiger partial charge on any atom is 0.435 e. The summed E-state index contributed by atoms with van der Waals surface area (Å²) in [4.78, 5) is 11.4. The largest absolute Gasteiger partial charge is 0.435 e. The van der Waals surface area contributed by atoms with Crippen LogP contribution in [-0.4, -0.2) is 22.2 Å². The van der Waals surface area contributed by atoms with Crippen LogP contribution in [0.1, 0.15) is 11.3 Å². The summed E-state index contributed by atoms with van der Waals surface area (Å²) in [5.74, 6) is -0.433. The predicted octanol–water partition coefficient (Wildman–Crippen LogP) is 5.63. The molecular formula is C23H16F6N4O. The zero-order valence-electron chi connectivity index (χ0n) is 17.2. The van der Waals surface area contributed by atoms with Gasteiger partial charge in [0.1, 0.15) is 0 Å². The van der Waals surface area contributed by atoms with Gasteiger partial charge >= 0.3 is 12.4 Å². The lowest BCUT2D eigenvalue weighted by Crippen LogP contribution is -2.21. The van der Waals surface area contributed by atoms with Crippen LogP contribution in [0.4, 0.5) is 32.0 Å². The first kappa shape index (κ1) is 23.3. The fourth-order valence-corrected chi connectivity index (χ4v) is 3.45. The number of alkyl halides is 6. The van der Waals surface area contributed by atoms with Gasteiger partial charge in [-0.3, -0.25) is 4.79 Å². The molecule has 0 unspecified atom stereocenters. The second-order valence-corrected chi connectivity index (χ2v) is 7.36. The number of carbonyl (C=O) groups excluding carboxylic acids is 1. The molecular weight excluding hydrogens is 462 g/mol. The van der Waals surface area contributed by atoms with E-state index >= 15 is 0 Å². The van der Waals surface area contributed by atoms with Crippen molar-refractivity contribution < 1.29 is 31.1 Å². The molecule has 34 heavy (non-hydrogen) atoms. The van der Waals surface area contributed by atoms with Gasteiger partial charge in [0.25, 0.3) is 0 Å². The van der Waals surface area contributed by atoms with Gasteiger partial charge in [-0.1, -0.05) is 18.2 Å². The van der Waals surface area contributed by atoms with E-state index in [4.69, 9.17) is 5.73 Å². The number of nitrogens with zero attached hydrogens (tertiary/aromatic N) is 2. The van der Waals surface area contributed by atoms with E-state index in [1.54, 1.807) is 0 Å². The number of nitrogens with two attached hydrogens (primary N) is 1. The first-order valence-corrected chi connectivity index (χ1v) is 9.85. The standard InChI is InChI=1S/C23H16F6N4O/c24-22(25,26)15-4-1-13(2-5-15)14-3-10-18-19(11-14)33(32-21(18)23(27,28)29)17-8-6-16(7-9-17)31-20(34)12-30/h1-11H,12,30H2,(H,31,34). The maximum atomic E-state index is 13.6. The molecule has 176 valence electrons. The fraction of sp³-hybridized carbons (Fsp3) is 0.130. The van der Waals surface area contributed by atoms with Gasteiger partial charge < -0.3 is 11.1 Å². The van der Waals surface area contributed by atoms with Crippen molar-refractivity contribution in [1.82, 2.24) is 9.78 Å². The monoisotopic (exact) mass is 478 g/mol. The van der Waals surface area contributed by atoms with E-state index in [9.17, 15) is 31.1 Å². The second-order valence-electron chi connectivity index (χ2n) is 7.36. The van der Waals surface area contributed by atoms with E-state index in [0.29, 0.717) is 16.8 Å². The van der Waals surface area contributed by atoms with Crippen LogP contribution in [0.2, 0.25) is 0 Å². The zero-order valence-corrected chi connectivity index (χ0v) is 17.2. The number of benzene rings is 3. The van der Waals surface area contributed by atoms with Gasteiger partial charge in [-0.2, -0.15) is 31.4 Å². The van der Waals surface area contributed by atoms with Crippen LogP contribution in [0.15, 0.2) is 66.7 Å². The van der Waals surface area contributed by atoms with E-state index in [1.807, 2.05) is 0 Å². The van der Waals surface area contributed by atoms with Gasteiger partial charge in [-0.25, -0.2) is 4.68 Å². The summed E-state index contributed by atoms with van der Waals surface area (Å²) in [6, 6.07) is 14.3. The van der Waals surface area contributed by atoms with Crippen LogP contribution in [0.5, 0.6) is 0 Å². The van der Waals surface area contributed by atoms with Crippen molar-refractivity contribution in [3.05, 3.63) is 78.0 Å². The van der Waals surface area contributed by atoms with Crippen molar-refractivity contribution in [2.45, 2.75) is 12.4 Å². The number of nitrogens with one attached hydrogen (secondary N) is 1. The second kappa shape index (κ2) is 8.49. The first-order valence-electron chi connectivity index (χ1n) is 9.85. The molecule has 1 heterocycles. The van der Waals surface area contributed by atoms with Crippen LogP contribution in [0.25, 0.3) is 27.7 Å². The minimum atomic E-state index is -4.73. The number of carbonyl (C=O) groups is 1. The number of anilines is 1. The summed E-state index contributed by atoms with van der Waals surface area (Å²) in [6.07, 6.45) is -9.23. The molecule has 3 N–H and O–H groups in total. The fourth-order valence-electron chi connectivity index (χ4n) is 3.45. The molecule has 4 rings (SSSR count). The molecule has 0 saturated heterocycles. The summed E-state index contributed by atoms with van der Waals surface area (Å²) < 4.78 is 80.6. The van der Waals surface area contributed by atoms with Crippen LogP contribution in [0.3, 0.4) is 0 Å². The Bertz CT molecular complexity index is 1340. The van der Waals surface area contributed by atoms with E-state index in [0.717, 1.165) is 16.8 Å². The minimum Gasteiger partial charge on any atom is -0.325 e. The Balaban J connectivity index is 1.81. The Kier molecular flexibility index (Phi) is 5.82. The average molecular weight is 478 g/mol. The lowest BCUT2D eigenvalue weighted by atomic mass is 10.0. The Hall–Kier alpha value is -3.86. The molecule has 0 atom stereocenters. The molecule has 0 spiro atoms. The number of hydrogen-bond donors (Lipinski definition) is 2. The molecule has 0 fully saturated rings. The van der Waals surface area contributed by atoms with Gasteiger partial charge in [-0.05, 0) is 59.7 Å². The Morgan fingerprint density at radius 1 is 0.853 bits per heavy atom. The van der Waals surface area contributed by atoms with Gasteiger partial charge in [-0.15, -0.1) is 0 Å². The van der Waals surface area contributed by atoms with Crippen molar-refractivity contribution in [3.8, 4) is 16.8 Å².